The minimum Gasteiger partial charge on any atom is -0.496 e. The molecule has 0 aliphatic carbocycles. The van der Waals surface area contributed by atoms with Gasteiger partial charge in [-0.05, 0) is 37.6 Å². The molecule has 0 spiro atoms. The molecule has 1 N–H and O–H groups in total. The number of rotatable bonds is 8. The third kappa shape index (κ3) is 5.39. The van der Waals surface area contributed by atoms with Crippen LogP contribution in [0.2, 0.25) is 5.02 Å². The highest BCUT2D eigenvalue weighted by atomic mass is 35.5. The van der Waals surface area contributed by atoms with Crippen molar-refractivity contribution in [3.8, 4) is 5.75 Å². The summed E-state index contributed by atoms with van der Waals surface area (Å²) in [5.41, 5.74) is 0.875. The topological polar surface area (TPSA) is 75.7 Å². The molecule has 1 amide bonds. The number of para-hydroxylation sites is 1. The lowest BCUT2D eigenvalue weighted by Gasteiger charge is -2.31. The molecule has 6 nitrogen and oxygen atoms in total. The number of amides is 1. The van der Waals surface area contributed by atoms with Gasteiger partial charge in [0.1, 0.15) is 17.6 Å². The number of ether oxygens (including phenoxy) is 1. The number of hydrogen-bond donors (Lipinski definition) is 1. The quantitative estimate of drug-likeness (QED) is 0.672. The van der Waals surface area contributed by atoms with E-state index in [0.717, 1.165) is 22.2 Å². The zero-order valence-corrected chi connectivity index (χ0v) is 18.2. The predicted molar refractivity (Wildman–Crippen MR) is 112 cm³/mol. The minimum absolute atomic E-state index is 0.117. The van der Waals surface area contributed by atoms with Gasteiger partial charge in [-0.2, -0.15) is 0 Å². The van der Waals surface area contributed by atoms with Crippen LogP contribution < -0.4 is 14.4 Å². The maximum absolute atomic E-state index is 13.5. The summed E-state index contributed by atoms with van der Waals surface area (Å²) in [6, 6.07) is 9.31. The fraction of sp³-hybridized carbons (Fsp3) is 0.350. The molecule has 0 unspecified atom stereocenters. The van der Waals surface area contributed by atoms with E-state index in [1.807, 2.05) is 18.2 Å². The fourth-order valence-electron chi connectivity index (χ4n) is 3.09. The molecule has 0 bridgehead atoms. The molecule has 0 radical (unpaired) electrons. The van der Waals surface area contributed by atoms with Crippen molar-refractivity contribution in [1.29, 1.82) is 0 Å². The Bertz CT molecular complexity index is 984. The van der Waals surface area contributed by atoms with Crippen LogP contribution in [0.15, 0.2) is 42.5 Å². The van der Waals surface area contributed by atoms with E-state index in [1.165, 1.54) is 19.2 Å². The van der Waals surface area contributed by atoms with E-state index in [4.69, 9.17) is 16.3 Å². The maximum atomic E-state index is 13.5. The Balaban J connectivity index is 2.36. The van der Waals surface area contributed by atoms with Gasteiger partial charge in [0.05, 0.1) is 30.1 Å². The van der Waals surface area contributed by atoms with Crippen LogP contribution in [0.1, 0.15) is 31.9 Å². The number of nitrogens with one attached hydrogen (secondary N) is 1. The first-order valence-electron chi connectivity index (χ1n) is 8.97. The Morgan fingerprint density at radius 1 is 1.28 bits per heavy atom. The summed E-state index contributed by atoms with van der Waals surface area (Å²) in [6.07, 6.45) is 1.19. The average Bonchev–Trinajstić information content (AvgIpc) is 2.67. The van der Waals surface area contributed by atoms with Gasteiger partial charge in [-0.25, -0.2) is 12.8 Å². The molecule has 0 saturated heterocycles. The van der Waals surface area contributed by atoms with Crippen molar-refractivity contribution in [3.05, 3.63) is 58.9 Å². The van der Waals surface area contributed by atoms with Gasteiger partial charge in [0, 0.05) is 5.56 Å². The van der Waals surface area contributed by atoms with Crippen LogP contribution in [0.3, 0.4) is 0 Å². The molecule has 158 valence electrons. The Hall–Kier alpha value is -2.32. The summed E-state index contributed by atoms with van der Waals surface area (Å²) in [6.45, 7) is 3.48. The lowest BCUT2D eigenvalue weighted by molar-refractivity contribution is -0.122. The van der Waals surface area contributed by atoms with Crippen molar-refractivity contribution >= 4 is 33.2 Å². The third-order valence-electron chi connectivity index (χ3n) is 4.45. The Morgan fingerprint density at radius 2 is 1.93 bits per heavy atom. The summed E-state index contributed by atoms with van der Waals surface area (Å²) in [7, 11) is -2.32. The van der Waals surface area contributed by atoms with Gasteiger partial charge in [0.15, 0.2) is 0 Å². The number of methoxy groups -OCH3 is 1. The second kappa shape index (κ2) is 9.45. The average molecular weight is 443 g/mol. The lowest BCUT2D eigenvalue weighted by Crippen LogP contribution is -2.49. The maximum Gasteiger partial charge on any atom is 0.244 e. The van der Waals surface area contributed by atoms with Crippen LogP contribution in [0, 0.1) is 5.82 Å². The van der Waals surface area contributed by atoms with Crippen LogP contribution in [-0.4, -0.2) is 33.7 Å². The first kappa shape index (κ1) is 23.0. The Kier molecular flexibility index (Phi) is 7.48. The standard InChI is InChI=1S/C20H24ClFN2O4S/c1-5-18(20(25)23-13(2)15-8-6-7-9-19(15)28-3)24(29(4,26)27)14-10-11-17(22)16(21)12-14/h6-13,18H,5H2,1-4H3,(H,23,25)/t13-,18-/m0/s1. The summed E-state index contributed by atoms with van der Waals surface area (Å²) in [4.78, 5) is 13.0. The van der Waals surface area contributed by atoms with E-state index in [2.05, 4.69) is 5.32 Å². The molecule has 0 aliphatic heterocycles. The number of carbonyl (C=O) groups excluding carboxylic acids is 1. The van der Waals surface area contributed by atoms with Crippen LogP contribution in [-0.2, 0) is 14.8 Å². The molecule has 0 heterocycles. The van der Waals surface area contributed by atoms with Gasteiger partial charge in [0.2, 0.25) is 15.9 Å². The largest absolute Gasteiger partial charge is 0.496 e. The zero-order chi connectivity index (χ0) is 21.8. The van der Waals surface area contributed by atoms with E-state index in [-0.39, 0.29) is 17.1 Å². The number of hydrogen-bond acceptors (Lipinski definition) is 4. The van der Waals surface area contributed by atoms with Gasteiger partial charge < -0.3 is 10.1 Å². The second-order valence-electron chi connectivity index (χ2n) is 6.55. The molecule has 2 atom stereocenters. The first-order valence-corrected chi connectivity index (χ1v) is 11.2. The highest BCUT2D eigenvalue weighted by Gasteiger charge is 2.32. The number of halogens is 2. The molecule has 9 heteroatoms. The smallest absolute Gasteiger partial charge is 0.244 e. The molecule has 0 saturated carbocycles. The summed E-state index contributed by atoms with van der Waals surface area (Å²) in [5, 5.41) is 2.61. The van der Waals surface area contributed by atoms with E-state index in [1.54, 1.807) is 19.9 Å². The van der Waals surface area contributed by atoms with E-state index in [0.29, 0.717) is 5.75 Å². The fourth-order valence-corrected chi connectivity index (χ4v) is 4.47. The van der Waals surface area contributed by atoms with E-state index in [9.17, 15) is 17.6 Å². The van der Waals surface area contributed by atoms with Crippen LogP contribution in [0.4, 0.5) is 10.1 Å². The molecular weight excluding hydrogens is 419 g/mol. The van der Waals surface area contributed by atoms with Gasteiger partial charge in [-0.15, -0.1) is 0 Å². The number of sulfonamides is 1. The highest BCUT2D eigenvalue weighted by molar-refractivity contribution is 7.92. The lowest BCUT2D eigenvalue weighted by atomic mass is 10.1. The van der Waals surface area contributed by atoms with Crippen LogP contribution >= 0.6 is 11.6 Å². The second-order valence-corrected chi connectivity index (χ2v) is 8.82. The SMILES string of the molecule is CC[C@@H](C(=O)N[C@@H](C)c1ccccc1OC)N(c1ccc(F)c(Cl)c1)S(C)(=O)=O. The molecule has 2 rings (SSSR count). The van der Waals surface area contributed by atoms with Gasteiger partial charge in [-0.1, -0.05) is 36.7 Å². The van der Waals surface area contributed by atoms with Crippen molar-refractivity contribution in [1.82, 2.24) is 5.32 Å². The van der Waals surface area contributed by atoms with Gasteiger partial charge in [-0.3, -0.25) is 9.10 Å². The highest BCUT2D eigenvalue weighted by Crippen LogP contribution is 2.28. The number of carbonyl (C=O) groups is 1. The Morgan fingerprint density at radius 3 is 2.48 bits per heavy atom. The summed E-state index contributed by atoms with van der Waals surface area (Å²) in [5.74, 6) is -0.554. The molecule has 2 aromatic rings. The normalized spacial score (nSPS) is 13.4. The van der Waals surface area contributed by atoms with Crippen molar-refractivity contribution in [2.24, 2.45) is 0 Å². The minimum atomic E-state index is -3.85. The zero-order valence-electron chi connectivity index (χ0n) is 16.6. The third-order valence-corrected chi connectivity index (χ3v) is 5.92. The van der Waals surface area contributed by atoms with Gasteiger partial charge in [0.25, 0.3) is 0 Å². The van der Waals surface area contributed by atoms with Crippen molar-refractivity contribution < 1.29 is 22.3 Å². The molecule has 0 aliphatic rings. The van der Waals surface area contributed by atoms with Crippen LogP contribution in [0.5, 0.6) is 5.75 Å². The predicted octanol–water partition coefficient (Wildman–Crippen LogP) is 3.91. The van der Waals surface area contributed by atoms with E-state index < -0.39 is 33.8 Å². The van der Waals surface area contributed by atoms with Crippen molar-refractivity contribution in [3.63, 3.8) is 0 Å². The number of benzene rings is 2. The van der Waals surface area contributed by atoms with Crippen molar-refractivity contribution in [2.45, 2.75) is 32.4 Å². The monoisotopic (exact) mass is 442 g/mol. The summed E-state index contributed by atoms with van der Waals surface area (Å²) < 4.78 is 44.8. The van der Waals surface area contributed by atoms with E-state index >= 15 is 0 Å². The molecule has 0 fully saturated rings. The molecular formula is C20H24ClFN2O4S. The van der Waals surface area contributed by atoms with Gasteiger partial charge >= 0.3 is 0 Å². The van der Waals surface area contributed by atoms with Crippen LogP contribution in [0.25, 0.3) is 0 Å². The molecule has 0 aromatic heterocycles. The first-order chi connectivity index (χ1) is 13.6. The summed E-state index contributed by atoms with van der Waals surface area (Å²) >= 11 is 5.82. The molecule has 2 aromatic carbocycles. The molecule has 29 heavy (non-hydrogen) atoms. The number of nitrogens with zero attached hydrogens (tertiary/aromatic N) is 1. The number of anilines is 1. The Labute approximate surface area is 175 Å². The van der Waals surface area contributed by atoms with Crippen molar-refractivity contribution in [2.75, 3.05) is 17.7 Å².